The van der Waals surface area contributed by atoms with Crippen LogP contribution in [0, 0.1) is 12.1 Å². The van der Waals surface area contributed by atoms with Crippen molar-refractivity contribution in [3.05, 3.63) is 140 Å². The Morgan fingerprint density at radius 1 is 0.500 bits per heavy atom. The maximum Gasteiger partial charge on any atom is 0.135 e. The SMILES string of the molecule is C[Si](C)(C)c1cccc2c1oc1cc(-c3[c-]ccc4c3oc3ccccc34)ncc12.[Ir].[c-]1ccccc1-c1cc2oc3ccccc3c2cn1. The Hall–Kier alpha value is -5.33. The molecule has 0 aliphatic heterocycles. The second-order valence-corrected chi connectivity index (χ2v) is 18.3. The Bertz CT molecular complexity index is 2830. The van der Waals surface area contributed by atoms with Crippen molar-refractivity contribution >= 4 is 79.1 Å². The molecule has 0 saturated carbocycles. The fourth-order valence-electron chi connectivity index (χ4n) is 6.62. The Morgan fingerprint density at radius 3 is 1.86 bits per heavy atom. The zero-order valence-corrected chi connectivity index (χ0v) is 31.0. The van der Waals surface area contributed by atoms with Gasteiger partial charge in [0.2, 0.25) is 0 Å². The molecule has 10 aromatic rings. The topological polar surface area (TPSA) is 65.2 Å². The Morgan fingerprint density at radius 2 is 1.10 bits per heavy atom. The van der Waals surface area contributed by atoms with Gasteiger partial charge in [0.05, 0.1) is 13.7 Å². The Kier molecular flexibility index (Phi) is 7.99. The third kappa shape index (κ3) is 5.44. The Balaban J connectivity index is 0.000000156. The molecule has 5 nitrogen and oxygen atoms in total. The van der Waals surface area contributed by atoms with Gasteiger partial charge < -0.3 is 23.2 Å². The van der Waals surface area contributed by atoms with Gasteiger partial charge in [-0.05, 0) is 40.8 Å². The van der Waals surface area contributed by atoms with Gasteiger partial charge >= 0.3 is 0 Å². The molecule has 10 rings (SSSR count). The van der Waals surface area contributed by atoms with Crippen LogP contribution in [-0.4, -0.2) is 18.0 Å². The van der Waals surface area contributed by atoms with E-state index in [4.69, 9.17) is 18.2 Å². The van der Waals surface area contributed by atoms with Crippen LogP contribution in [-0.2, 0) is 20.1 Å². The van der Waals surface area contributed by atoms with Crippen LogP contribution in [0.3, 0.4) is 0 Å². The predicted octanol–water partition coefficient (Wildman–Crippen LogP) is 11.3. The first kappa shape index (κ1) is 31.9. The van der Waals surface area contributed by atoms with Gasteiger partial charge in [0.25, 0.3) is 0 Å². The molecule has 50 heavy (non-hydrogen) atoms. The number of hydrogen-bond donors (Lipinski definition) is 0. The van der Waals surface area contributed by atoms with Crippen LogP contribution >= 0.6 is 0 Å². The fourth-order valence-corrected chi connectivity index (χ4v) is 8.08. The molecule has 0 atom stereocenters. The van der Waals surface area contributed by atoms with Crippen LogP contribution in [0.15, 0.2) is 141 Å². The largest absolute Gasteiger partial charge is 0.501 e. The molecule has 5 heterocycles. The summed E-state index contributed by atoms with van der Waals surface area (Å²) in [6.45, 7) is 7.03. The van der Waals surface area contributed by atoms with Crippen LogP contribution in [0.25, 0.3) is 88.3 Å². The van der Waals surface area contributed by atoms with Gasteiger partial charge in [0.15, 0.2) is 0 Å². The first-order valence-electron chi connectivity index (χ1n) is 16.3. The molecule has 0 unspecified atom stereocenters. The normalized spacial score (nSPS) is 11.7. The van der Waals surface area contributed by atoms with E-state index in [1.807, 2.05) is 97.3 Å². The number of rotatable bonds is 3. The van der Waals surface area contributed by atoms with Crippen molar-refractivity contribution < 1.29 is 33.4 Å². The van der Waals surface area contributed by atoms with Crippen molar-refractivity contribution in [2.45, 2.75) is 19.6 Å². The molecule has 0 fully saturated rings. The first-order chi connectivity index (χ1) is 23.9. The molecule has 0 amide bonds. The van der Waals surface area contributed by atoms with E-state index in [0.29, 0.717) is 0 Å². The third-order valence-corrected chi connectivity index (χ3v) is 11.0. The number of pyridine rings is 2. The van der Waals surface area contributed by atoms with Crippen molar-refractivity contribution in [1.29, 1.82) is 0 Å². The minimum Gasteiger partial charge on any atom is -0.501 e. The van der Waals surface area contributed by atoms with E-state index in [9.17, 15) is 0 Å². The van der Waals surface area contributed by atoms with Gasteiger partial charge in [0, 0.05) is 59.4 Å². The van der Waals surface area contributed by atoms with E-state index in [0.717, 1.165) is 88.3 Å². The predicted molar refractivity (Wildman–Crippen MR) is 202 cm³/mol. The number of nitrogens with zero attached hydrogens (tertiary/aromatic N) is 2. The van der Waals surface area contributed by atoms with E-state index >= 15 is 0 Å². The molecule has 7 heteroatoms. The second kappa shape index (κ2) is 12.5. The average Bonchev–Trinajstić information content (AvgIpc) is 3.82. The van der Waals surface area contributed by atoms with Gasteiger partial charge in [0.1, 0.15) is 27.9 Å². The molecule has 245 valence electrons. The monoisotopic (exact) mass is 843 g/mol. The smallest absolute Gasteiger partial charge is 0.135 e. The molecule has 0 aliphatic rings. The van der Waals surface area contributed by atoms with Crippen LogP contribution < -0.4 is 5.19 Å². The number of furan rings is 3. The summed E-state index contributed by atoms with van der Waals surface area (Å²) in [5.41, 5.74) is 8.81. The second-order valence-electron chi connectivity index (χ2n) is 13.2. The number of para-hydroxylation sites is 3. The number of aromatic nitrogens is 2. The minimum absolute atomic E-state index is 0. The molecule has 0 bridgehead atoms. The number of benzene rings is 5. The van der Waals surface area contributed by atoms with Gasteiger partial charge in [-0.25, -0.2) is 0 Å². The van der Waals surface area contributed by atoms with Gasteiger partial charge in [-0.3, -0.25) is 0 Å². The number of hydrogen-bond acceptors (Lipinski definition) is 5. The molecule has 0 N–H and O–H groups in total. The van der Waals surface area contributed by atoms with E-state index < -0.39 is 8.07 Å². The maximum atomic E-state index is 6.39. The average molecular weight is 843 g/mol. The van der Waals surface area contributed by atoms with Gasteiger partial charge in [-0.1, -0.05) is 85.2 Å². The summed E-state index contributed by atoms with van der Waals surface area (Å²) in [6.07, 6.45) is 3.79. The summed E-state index contributed by atoms with van der Waals surface area (Å²) >= 11 is 0. The molecule has 0 spiro atoms. The van der Waals surface area contributed by atoms with Crippen molar-refractivity contribution in [2.75, 3.05) is 0 Å². The zero-order valence-electron chi connectivity index (χ0n) is 27.6. The van der Waals surface area contributed by atoms with E-state index in [2.05, 4.69) is 67.1 Å². The fraction of sp³-hybridized carbons (Fsp3) is 0.0698. The third-order valence-electron chi connectivity index (χ3n) is 9.03. The number of fused-ring (bicyclic) bond motifs is 9. The zero-order chi connectivity index (χ0) is 33.1. The summed E-state index contributed by atoms with van der Waals surface area (Å²) in [7, 11) is -1.53. The van der Waals surface area contributed by atoms with Crippen molar-refractivity contribution in [3.63, 3.8) is 0 Å². The van der Waals surface area contributed by atoms with Gasteiger partial charge in [-0.15, -0.1) is 54.1 Å². The van der Waals surface area contributed by atoms with Crippen molar-refractivity contribution in [1.82, 2.24) is 9.97 Å². The van der Waals surface area contributed by atoms with Crippen LogP contribution in [0.5, 0.6) is 0 Å². The van der Waals surface area contributed by atoms with Crippen molar-refractivity contribution in [2.24, 2.45) is 0 Å². The standard InChI is InChI=1S/C26H20NO2Si.C17H10NO.Ir/c1-30(2,3)24-13-7-10-18-20-15-27-21(14-23(20)29-26(18)24)19-11-6-9-17-16-8-4-5-12-22(16)28-25(17)19;1-2-6-12(7-3-1)15-10-17-14(11-18-15)13-8-4-5-9-16(13)19-17;/h4-10,12-15H,1-3H3;1-6,8-11H;/q2*-1;. The first-order valence-corrected chi connectivity index (χ1v) is 19.8. The molecular formula is C43H30IrN2O3Si-2. The van der Waals surface area contributed by atoms with Gasteiger partial charge in [-0.2, -0.15) is 0 Å². The van der Waals surface area contributed by atoms with Crippen LogP contribution in [0.4, 0.5) is 0 Å². The molecule has 1 radical (unpaired) electrons. The van der Waals surface area contributed by atoms with Crippen molar-refractivity contribution in [3.8, 4) is 22.5 Å². The maximum absolute atomic E-state index is 6.39. The molecule has 0 saturated heterocycles. The molecule has 0 aliphatic carbocycles. The quantitative estimate of drug-likeness (QED) is 0.131. The summed E-state index contributed by atoms with van der Waals surface area (Å²) in [6, 6.07) is 44.9. The van der Waals surface area contributed by atoms with E-state index in [-0.39, 0.29) is 20.1 Å². The van der Waals surface area contributed by atoms with Crippen LogP contribution in [0.2, 0.25) is 19.6 Å². The summed E-state index contributed by atoms with van der Waals surface area (Å²) in [5.74, 6) is 0. The molecular weight excluding hydrogens is 813 g/mol. The summed E-state index contributed by atoms with van der Waals surface area (Å²) in [4.78, 5) is 9.28. The Labute approximate surface area is 302 Å². The minimum atomic E-state index is -1.53. The van der Waals surface area contributed by atoms with E-state index in [1.54, 1.807) is 0 Å². The molecule has 5 aromatic heterocycles. The van der Waals surface area contributed by atoms with Crippen LogP contribution in [0.1, 0.15) is 0 Å². The van der Waals surface area contributed by atoms with E-state index in [1.165, 1.54) is 5.19 Å². The summed E-state index contributed by atoms with van der Waals surface area (Å²) in [5, 5.41) is 7.85. The summed E-state index contributed by atoms with van der Waals surface area (Å²) < 4.78 is 18.4. The molecule has 5 aromatic carbocycles.